The Morgan fingerprint density at radius 1 is 1.43 bits per heavy atom. The fourth-order valence-electron chi connectivity index (χ4n) is 2.16. The lowest BCUT2D eigenvalue weighted by Gasteiger charge is -2.40. The average molecular weight is 190 g/mol. The molecule has 1 heteroatoms. The lowest BCUT2D eigenvalue weighted by molar-refractivity contribution is 0.304. The number of rotatable bonds is 2. The van der Waals surface area contributed by atoms with Gasteiger partial charge in [0.2, 0.25) is 0 Å². The van der Waals surface area contributed by atoms with E-state index in [1.54, 1.807) is 6.07 Å². The van der Waals surface area contributed by atoms with Crippen molar-refractivity contribution in [2.45, 2.75) is 31.6 Å². The van der Waals surface area contributed by atoms with Crippen molar-refractivity contribution < 1.29 is 4.39 Å². The molecule has 14 heavy (non-hydrogen) atoms. The van der Waals surface area contributed by atoms with Crippen LogP contribution in [0.3, 0.4) is 0 Å². The fourth-order valence-corrected chi connectivity index (χ4v) is 2.16. The van der Waals surface area contributed by atoms with Crippen molar-refractivity contribution in [3.8, 4) is 0 Å². The van der Waals surface area contributed by atoms with E-state index < -0.39 is 0 Å². The standard InChI is InChI=1S/C13H15F/c1-3-13(7-4-8-13)11-9-10(2)5-6-12(11)14/h3,5-6,9H,1,4,7-8H2,2H3. The second kappa shape index (κ2) is 3.23. The number of hydrogen-bond acceptors (Lipinski definition) is 0. The molecule has 1 fully saturated rings. The van der Waals surface area contributed by atoms with Gasteiger partial charge in [-0.05, 0) is 31.4 Å². The molecule has 1 aliphatic carbocycles. The SMILES string of the molecule is C=CC1(c2cc(C)ccc2F)CCC1. The van der Waals surface area contributed by atoms with Gasteiger partial charge in [-0.3, -0.25) is 0 Å². The lowest BCUT2D eigenvalue weighted by atomic mass is 9.64. The monoisotopic (exact) mass is 190 g/mol. The van der Waals surface area contributed by atoms with Crippen molar-refractivity contribution in [1.29, 1.82) is 0 Å². The van der Waals surface area contributed by atoms with E-state index in [1.807, 2.05) is 25.1 Å². The third-order valence-corrected chi connectivity index (χ3v) is 3.29. The summed E-state index contributed by atoms with van der Waals surface area (Å²) in [5, 5.41) is 0. The number of allylic oxidation sites excluding steroid dienone is 1. The first kappa shape index (κ1) is 9.45. The number of aryl methyl sites for hydroxylation is 1. The smallest absolute Gasteiger partial charge is 0.127 e. The van der Waals surface area contributed by atoms with Gasteiger partial charge >= 0.3 is 0 Å². The van der Waals surface area contributed by atoms with Crippen molar-refractivity contribution in [3.05, 3.63) is 47.8 Å². The molecule has 0 atom stereocenters. The van der Waals surface area contributed by atoms with E-state index >= 15 is 0 Å². The Hall–Kier alpha value is -1.11. The van der Waals surface area contributed by atoms with Crippen LogP contribution < -0.4 is 0 Å². The van der Waals surface area contributed by atoms with E-state index in [1.165, 1.54) is 6.42 Å². The van der Waals surface area contributed by atoms with Gasteiger partial charge in [0.25, 0.3) is 0 Å². The third kappa shape index (κ3) is 1.28. The predicted octanol–water partition coefficient (Wildman–Crippen LogP) is 3.74. The molecule has 0 aliphatic heterocycles. The minimum atomic E-state index is -0.0878. The lowest BCUT2D eigenvalue weighted by Crippen LogP contribution is -2.32. The molecule has 1 aliphatic rings. The van der Waals surface area contributed by atoms with Gasteiger partial charge in [-0.2, -0.15) is 0 Å². The van der Waals surface area contributed by atoms with E-state index in [9.17, 15) is 4.39 Å². The maximum absolute atomic E-state index is 13.6. The van der Waals surface area contributed by atoms with Crippen LogP contribution in [0.15, 0.2) is 30.9 Å². The Morgan fingerprint density at radius 3 is 2.64 bits per heavy atom. The van der Waals surface area contributed by atoms with Crippen molar-refractivity contribution in [2.75, 3.05) is 0 Å². The van der Waals surface area contributed by atoms with E-state index in [2.05, 4.69) is 6.58 Å². The average Bonchev–Trinajstić information content (AvgIpc) is 2.10. The molecular weight excluding hydrogens is 175 g/mol. The van der Waals surface area contributed by atoms with Crippen molar-refractivity contribution >= 4 is 0 Å². The van der Waals surface area contributed by atoms with E-state index in [0.717, 1.165) is 24.0 Å². The topological polar surface area (TPSA) is 0 Å². The van der Waals surface area contributed by atoms with Crippen LogP contribution in [-0.4, -0.2) is 0 Å². The van der Waals surface area contributed by atoms with Crippen molar-refractivity contribution in [3.63, 3.8) is 0 Å². The quantitative estimate of drug-likeness (QED) is 0.623. The molecule has 0 N–H and O–H groups in total. The van der Waals surface area contributed by atoms with Crippen LogP contribution in [0.2, 0.25) is 0 Å². The summed E-state index contributed by atoms with van der Waals surface area (Å²) >= 11 is 0. The van der Waals surface area contributed by atoms with Crippen LogP contribution in [-0.2, 0) is 5.41 Å². The molecule has 0 heterocycles. The third-order valence-electron chi connectivity index (χ3n) is 3.29. The largest absolute Gasteiger partial charge is 0.207 e. The molecule has 0 saturated heterocycles. The molecule has 0 radical (unpaired) electrons. The molecule has 0 bridgehead atoms. The second-order valence-electron chi connectivity index (χ2n) is 4.20. The van der Waals surface area contributed by atoms with Gasteiger partial charge in [0, 0.05) is 5.41 Å². The molecule has 74 valence electrons. The highest BCUT2D eigenvalue weighted by molar-refractivity contribution is 5.36. The normalized spacial score (nSPS) is 18.7. The summed E-state index contributed by atoms with van der Waals surface area (Å²) in [4.78, 5) is 0. The summed E-state index contributed by atoms with van der Waals surface area (Å²) in [6.45, 7) is 5.83. The summed E-state index contributed by atoms with van der Waals surface area (Å²) < 4.78 is 13.6. The molecule has 0 amide bonds. The maximum atomic E-state index is 13.6. The first-order valence-electron chi connectivity index (χ1n) is 5.08. The zero-order valence-electron chi connectivity index (χ0n) is 8.52. The molecule has 0 spiro atoms. The van der Waals surface area contributed by atoms with Gasteiger partial charge in [-0.15, -0.1) is 6.58 Å². The van der Waals surface area contributed by atoms with Gasteiger partial charge in [-0.25, -0.2) is 4.39 Å². The van der Waals surface area contributed by atoms with E-state index in [4.69, 9.17) is 0 Å². The molecule has 1 saturated carbocycles. The Morgan fingerprint density at radius 2 is 2.14 bits per heavy atom. The molecular formula is C13H15F. The summed E-state index contributed by atoms with van der Waals surface area (Å²) in [6.07, 6.45) is 5.17. The van der Waals surface area contributed by atoms with E-state index in [0.29, 0.717) is 0 Å². The fraction of sp³-hybridized carbons (Fsp3) is 0.385. The number of benzene rings is 1. The van der Waals surface area contributed by atoms with Gasteiger partial charge in [0.05, 0.1) is 0 Å². The van der Waals surface area contributed by atoms with Crippen LogP contribution in [0.4, 0.5) is 4.39 Å². The maximum Gasteiger partial charge on any atom is 0.127 e. The molecule has 0 unspecified atom stereocenters. The molecule has 1 aromatic carbocycles. The zero-order chi connectivity index (χ0) is 10.2. The van der Waals surface area contributed by atoms with Crippen LogP contribution in [0.5, 0.6) is 0 Å². The first-order chi connectivity index (χ1) is 6.68. The van der Waals surface area contributed by atoms with Gasteiger partial charge in [-0.1, -0.05) is 30.2 Å². The zero-order valence-corrected chi connectivity index (χ0v) is 8.52. The second-order valence-corrected chi connectivity index (χ2v) is 4.20. The molecule has 0 nitrogen and oxygen atoms in total. The van der Waals surface area contributed by atoms with Gasteiger partial charge < -0.3 is 0 Å². The Labute approximate surface area is 84.5 Å². The molecule has 2 rings (SSSR count). The van der Waals surface area contributed by atoms with Crippen LogP contribution in [0.1, 0.15) is 30.4 Å². The summed E-state index contributed by atoms with van der Waals surface area (Å²) in [6, 6.07) is 5.33. The predicted molar refractivity (Wildman–Crippen MR) is 56.9 cm³/mol. The van der Waals surface area contributed by atoms with Crippen molar-refractivity contribution in [1.82, 2.24) is 0 Å². The first-order valence-corrected chi connectivity index (χ1v) is 5.08. The molecule has 1 aromatic rings. The van der Waals surface area contributed by atoms with Crippen LogP contribution in [0.25, 0.3) is 0 Å². The highest BCUT2D eigenvalue weighted by Crippen LogP contribution is 2.45. The van der Waals surface area contributed by atoms with Crippen LogP contribution >= 0.6 is 0 Å². The van der Waals surface area contributed by atoms with Crippen molar-refractivity contribution in [2.24, 2.45) is 0 Å². The summed E-state index contributed by atoms with van der Waals surface area (Å²) in [5.41, 5.74) is 1.88. The number of hydrogen-bond donors (Lipinski definition) is 0. The summed E-state index contributed by atoms with van der Waals surface area (Å²) in [5.74, 6) is -0.0878. The Bertz CT molecular complexity index is 361. The minimum absolute atomic E-state index is 0.0733. The molecule has 0 aromatic heterocycles. The summed E-state index contributed by atoms with van der Waals surface area (Å²) in [7, 11) is 0. The highest BCUT2D eigenvalue weighted by Gasteiger charge is 2.37. The van der Waals surface area contributed by atoms with Crippen LogP contribution in [0, 0.1) is 12.7 Å². The van der Waals surface area contributed by atoms with Gasteiger partial charge in [0.15, 0.2) is 0 Å². The minimum Gasteiger partial charge on any atom is -0.207 e. The number of halogens is 1. The Balaban J connectivity index is 2.48. The Kier molecular flexibility index (Phi) is 2.18. The highest BCUT2D eigenvalue weighted by atomic mass is 19.1. The van der Waals surface area contributed by atoms with E-state index in [-0.39, 0.29) is 11.2 Å². The van der Waals surface area contributed by atoms with Gasteiger partial charge in [0.1, 0.15) is 5.82 Å².